The molecular formula is C13H17BrN2. The van der Waals surface area contributed by atoms with Gasteiger partial charge in [0.05, 0.1) is 0 Å². The molecule has 2 rings (SSSR count). The van der Waals surface area contributed by atoms with Gasteiger partial charge in [-0.05, 0) is 32.0 Å². The molecule has 3 heteroatoms. The van der Waals surface area contributed by atoms with Gasteiger partial charge >= 0.3 is 0 Å². The van der Waals surface area contributed by atoms with Gasteiger partial charge in [0.25, 0.3) is 0 Å². The van der Waals surface area contributed by atoms with Gasteiger partial charge in [0, 0.05) is 40.1 Å². The lowest BCUT2D eigenvalue weighted by atomic mass is 10.2. The van der Waals surface area contributed by atoms with Crippen LogP contribution in [0, 0.1) is 0 Å². The monoisotopic (exact) mass is 280 g/mol. The fourth-order valence-electron chi connectivity index (χ4n) is 2.18. The Balaban J connectivity index is 2.61. The van der Waals surface area contributed by atoms with Crippen LogP contribution in [0.2, 0.25) is 0 Å². The first-order valence-electron chi connectivity index (χ1n) is 5.65. The third-order valence-electron chi connectivity index (χ3n) is 2.83. The highest BCUT2D eigenvalue weighted by molar-refractivity contribution is 9.10. The number of rotatable bonds is 3. The largest absolute Gasteiger partial charge is 0.345 e. The Hall–Kier alpha value is -0.800. The van der Waals surface area contributed by atoms with Crippen molar-refractivity contribution in [3.63, 3.8) is 0 Å². The number of benzene rings is 1. The molecule has 0 aliphatic heterocycles. The van der Waals surface area contributed by atoms with Gasteiger partial charge in [0.1, 0.15) is 0 Å². The molecule has 0 aliphatic rings. The van der Waals surface area contributed by atoms with Gasteiger partial charge < -0.3 is 10.3 Å². The maximum atomic E-state index is 5.88. The fraction of sp³-hybridized carbons (Fsp3) is 0.385. The van der Waals surface area contributed by atoms with Crippen LogP contribution in [-0.2, 0) is 13.0 Å². The first kappa shape index (κ1) is 11.7. The Morgan fingerprint density at radius 1 is 1.44 bits per heavy atom. The smallest absolute Gasteiger partial charge is 0.0493 e. The van der Waals surface area contributed by atoms with Crippen molar-refractivity contribution in [3.8, 4) is 0 Å². The normalized spacial score (nSPS) is 13.2. The molecule has 0 saturated heterocycles. The Labute approximate surface area is 105 Å². The van der Waals surface area contributed by atoms with Crippen molar-refractivity contribution in [1.29, 1.82) is 0 Å². The predicted octanol–water partition coefficient (Wildman–Crippen LogP) is 3.31. The summed E-state index contributed by atoms with van der Waals surface area (Å²) in [4.78, 5) is 0. The van der Waals surface area contributed by atoms with Crippen LogP contribution in [0.5, 0.6) is 0 Å². The lowest BCUT2D eigenvalue weighted by molar-refractivity contribution is 0.665. The highest BCUT2D eigenvalue weighted by atomic mass is 79.9. The van der Waals surface area contributed by atoms with Gasteiger partial charge in [0.15, 0.2) is 0 Å². The number of aryl methyl sites for hydroxylation is 1. The Bertz CT molecular complexity index is 500. The maximum Gasteiger partial charge on any atom is 0.0493 e. The molecule has 0 amide bonds. The Morgan fingerprint density at radius 3 is 2.81 bits per heavy atom. The molecule has 2 nitrogen and oxygen atoms in total. The zero-order valence-electron chi connectivity index (χ0n) is 9.70. The average Bonchev–Trinajstić information content (AvgIpc) is 2.56. The molecular weight excluding hydrogens is 264 g/mol. The molecule has 1 unspecified atom stereocenters. The molecule has 1 aromatic carbocycles. The molecule has 0 radical (unpaired) electrons. The molecule has 1 heterocycles. The minimum Gasteiger partial charge on any atom is -0.345 e. The number of halogens is 1. The van der Waals surface area contributed by atoms with E-state index in [1.54, 1.807) is 0 Å². The minimum atomic E-state index is 0.202. The SMILES string of the molecule is CCn1c(CC(C)N)cc2c(Br)cccc21. The van der Waals surface area contributed by atoms with Crippen molar-refractivity contribution in [2.75, 3.05) is 0 Å². The molecule has 0 fully saturated rings. The highest BCUT2D eigenvalue weighted by Gasteiger charge is 2.10. The van der Waals surface area contributed by atoms with Crippen LogP contribution in [-0.4, -0.2) is 10.6 Å². The number of hydrogen-bond acceptors (Lipinski definition) is 1. The zero-order chi connectivity index (χ0) is 11.7. The van der Waals surface area contributed by atoms with E-state index in [-0.39, 0.29) is 6.04 Å². The number of hydrogen-bond donors (Lipinski definition) is 1. The van der Waals surface area contributed by atoms with Gasteiger partial charge in [-0.2, -0.15) is 0 Å². The molecule has 2 aromatic rings. The summed E-state index contributed by atoms with van der Waals surface area (Å²) in [6, 6.07) is 8.76. The van der Waals surface area contributed by atoms with Crippen molar-refractivity contribution < 1.29 is 0 Å². The molecule has 16 heavy (non-hydrogen) atoms. The summed E-state index contributed by atoms with van der Waals surface area (Å²) in [7, 11) is 0. The zero-order valence-corrected chi connectivity index (χ0v) is 11.3. The van der Waals surface area contributed by atoms with E-state index in [4.69, 9.17) is 5.73 Å². The minimum absolute atomic E-state index is 0.202. The molecule has 2 N–H and O–H groups in total. The van der Waals surface area contributed by atoms with Gasteiger partial charge in [0.2, 0.25) is 0 Å². The number of fused-ring (bicyclic) bond motifs is 1. The fourth-order valence-corrected chi connectivity index (χ4v) is 2.65. The third kappa shape index (κ3) is 2.02. The highest BCUT2D eigenvalue weighted by Crippen LogP contribution is 2.27. The first-order chi connectivity index (χ1) is 7.63. The van der Waals surface area contributed by atoms with Gasteiger partial charge in [-0.3, -0.25) is 0 Å². The number of nitrogens with zero attached hydrogens (tertiary/aromatic N) is 1. The second-order valence-electron chi connectivity index (χ2n) is 4.23. The lowest BCUT2D eigenvalue weighted by Crippen LogP contribution is -2.19. The lowest BCUT2D eigenvalue weighted by Gasteiger charge is -2.09. The number of aromatic nitrogens is 1. The summed E-state index contributed by atoms with van der Waals surface area (Å²) in [6.45, 7) is 5.21. The molecule has 86 valence electrons. The van der Waals surface area contributed by atoms with E-state index < -0.39 is 0 Å². The molecule has 1 atom stereocenters. The van der Waals surface area contributed by atoms with Crippen LogP contribution in [0.15, 0.2) is 28.7 Å². The van der Waals surface area contributed by atoms with Crippen LogP contribution in [0.1, 0.15) is 19.5 Å². The van der Waals surface area contributed by atoms with Crippen molar-refractivity contribution in [2.24, 2.45) is 5.73 Å². The van der Waals surface area contributed by atoms with Gasteiger partial charge in [-0.25, -0.2) is 0 Å². The van der Waals surface area contributed by atoms with E-state index in [0.717, 1.165) is 17.4 Å². The number of nitrogens with two attached hydrogens (primary N) is 1. The first-order valence-corrected chi connectivity index (χ1v) is 6.45. The van der Waals surface area contributed by atoms with Gasteiger partial charge in [-0.1, -0.05) is 22.0 Å². The topological polar surface area (TPSA) is 30.9 Å². The second-order valence-corrected chi connectivity index (χ2v) is 5.09. The molecule has 0 bridgehead atoms. The van der Waals surface area contributed by atoms with Crippen molar-refractivity contribution in [2.45, 2.75) is 32.9 Å². The van der Waals surface area contributed by atoms with E-state index in [1.807, 2.05) is 6.92 Å². The summed E-state index contributed by atoms with van der Waals surface area (Å²) >= 11 is 3.60. The summed E-state index contributed by atoms with van der Waals surface area (Å²) in [6.07, 6.45) is 0.926. The van der Waals surface area contributed by atoms with Crippen LogP contribution >= 0.6 is 15.9 Å². The quantitative estimate of drug-likeness (QED) is 0.919. The van der Waals surface area contributed by atoms with Crippen molar-refractivity contribution in [3.05, 3.63) is 34.4 Å². The maximum absolute atomic E-state index is 5.88. The third-order valence-corrected chi connectivity index (χ3v) is 3.52. The summed E-state index contributed by atoms with van der Waals surface area (Å²) in [5.74, 6) is 0. The van der Waals surface area contributed by atoms with E-state index >= 15 is 0 Å². The standard InChI is InChI=1S/C13H17BrN2/c1-3-16-10(7-9(2)15)8-11-12(14)5-4-6-13(11)16/h4-6,8-9H,3,7,15H2,1-2H3. The van der Waals surface area contributed by atoms with Crippen LogP contribution in [0.25, 0.3) is 10.9 Å². The Morgan fingerprint density at radius 2 is 2.19 bits per heavy atom. The van der Waals surface area contributed by atoms with Crippen LogP contribution in [0.4, 0.5) is 0 Å². The molecule has 0 saturated carbocycles. The Kier molecular flexibility index (Phi) is 3.36. The molecule has 0 spiro atoms. The molecule has 0 aliphatic carbocycles. The van der Waals surface area contributed by atoms with E-state index in [1.165, 1.54) is 16.6 Å². The second kappa shape index (κ2) is 4.60. The van der Waals surface area contributed by atoms with Crippen molar-refractivity contribution >= 4 is 26.8 Å². The van der Waals surface area contributed by atoms with E-state index in [2.05, 4.69) is 51.7 Å². The predicted molar refractivity (Wildman–Crippen MR) is 72.7 cm³/mol. The van der Waals surface area contributed by atoms with E-state index in [0.29, 0.717) is 0 Å². The van der Waals surface area contributed by atoms with Crippen LogP contribution < -0.4 is 5.73 Å². The van der Waals surface area contributed by atoms with Crippen LogP contribution in [0.3, 0.4) is 0 Å². The van der Waals surface area contributed by atoms with Crippen molar-refractivity contribution in [1.82, 2.24) is 4.57 Å². The summed E-state index contributed by atoms with van der Waals surface area (Å²) < 4.78 is 3.49. The molecule has 1 aromatic heterocycles. The average molecular weight is 281 g/mol. The summed E-state index contributed by atoms with van der Waals surface area (Å²) in [5, 5.41) is 1.28. The summed E-state index contributed by atoms with van der Waals surface area (Å²) in [5.41, 5.74) is 8.49. The van der Waals surface area contributed by atoms with Gasteiger partial charge in [-0.15, -0.1) is 0 Å². The van der Waals surface area contributed by atoms with E-state index in [9.17, 15) is 0 Å².